The summed E-state index contributed by atoms with van der Waals surface area (Å²) in [5.41, 5.74) is 2.52. The zero-order valence-corrected chi connectivity index (χ0v) is 24.6. The van der Waals surface area contributed by atoms with Crippen molar-refractivity contribution in [1.82, 2.24) is 5.32 Å². The standard InChI is InChI=1S/C35H24Cl2N2O5/c36-26-11-10-25(32(37)19-26)21-44-29-16-12-27(13-17-29)39-34(41)31(33(40)38-35(39)42)18-22-8-14-28(15-9-22)43-20-24-6-3-5-23-4-1-2-7-30(23)24/h1-19H,20-21H2,(H,38,40,42)/b31-18+. The minimum absolute atomic E-state index is 0.174. The largest absolute Gasteiger partial charge is 0.489 e. The molecule has 1 aliphatic rings. The molecule has 0 aromatic heterocycles. The van der Waals surface area contributed by atoms with Crippen LogP contribution in [0.2, 0.25) is 10.0 Å². The van der Waals surface area contributed by atoms with E-state index in [2.05, 4.69) is 23.5 Å². The van der Waals surface area contributed by atoms with Gasteiger partial charge < -0.3 is 9.47 Å². The van der Waals surface area contributed by atoms with E-state index >= 15 is 0 Å². The first-order valence-corrected chi connectivity index (χ1v) is 14.4. The van der Waals surface area contributed by atoms with Crippen LogP contribution < -0.4 is 19.7 Å². The van der Waals surface area contributed by atoms with Crippen molar-refractivity contribution in [3.8, 4) is 11.5 Å². The number of fused-ring (bicyclic) bond motifs is 1. The number of urea groups is 1. The van der Waals surface area contributed by atoms with Crippen molar-refractivity contribution in [2.75, 3.05) is 4.90 Å². The molecule has 0 aliphatic carbocycles. The number of barbiturate groups is 1. The normalized spacial score (nSPS) is 14.2. The van der Waals surface area contributed by atoms with Gasteiger partial charge in [0.1, 0.15) is 30.3 Å². The molecule has 0 radical (unpaired) electrons. The number of anilines is 1. The van der Waals surface area contributed by atoms with Gasteiger partial charge in [0.15, 0.2) is 0 Å². The Balaban J connectivity index is 1.13. The average Bonchev–Trinajstić information content (AvgIpc) is 3.03. The van der Waals surface area contributed by atoms with E-state index in [0.717, 1.165) is 26.8 Å². The molecule has 6 rings (SSSR count). The smallest absolute Gasteiger partial charge is 0.335 e. The van der Waals surface area contributed by atoms with Gasteiger partial charge in [0.05, 0.1) is 5.69 Å². The predicted molar refractivity (Wildman–Crippen MR) is 171 cm³/mol. The number of nitrogens with one attached hydrogen (secondary N) is 1. The molecule has 0 saturated carbocycles. The SMILES string of the molecule is O=C1NC(=O)N(c2ccc(OCc3ccc(Cl)cc3Cl)cc2)C(=O)/C1=C/c1ccc(OCc2cccc3ccccc23)cc1. The summed E-state index contributed by atoms with van der Waals surface area (Å²) in [6.45, 7) is 0.589. The van der Waals surface area contributed by atoms with Crippen molar-refractivity contribution < 1.29 is 23.9 Å². The highest BCUT2D eigenvalue weighted by molar-refractivity contribution is 6.39. The third kappa shape index (κ3) is 6.29. The Kier molecular flexibility index (Phi) is 8.32. The van der Waals surface area contributed by atoms with Gasteiger partial charge in [-0.3, -0.25) is 14.9 Å². The van der Waals surface area contributed by atoms with Crippen molar-refractivity contribution in [2.24, 2.45) is 0 Å². The van der Waals surface area contributed by atoms with Gasteiger partial charge in [-0.05, 0) is 76.5 Å². The summed E-state index contributed by atoms with van der Waals surface area (Å²) in [6.07, 6.45) is 1.44. The Morgan fingerprint density at radius 2 is 1.36 bits per heavy atom. The van der Waals surface area contributed by atoms with Gasteiger partial charge in [0, 0.05) is 15.6 Å². The number of ether oxygens (including phenoxy) is 2. The summed E-state index contributed by atoms with van der Waals surface area (Å²) < 4.78 is 11.8. The number of benzene rings is 5. The fourth-order valence-corrected chi connectivity index (χ4v) is 5.25. The van der Waals surface area contributed by atoms with Crippen LogP contribution in [0.15, 0.2) is 115 Å². The second kappa shape index (κ2) is 12.6. The molecule has 1 N–H and O–H groups in total. The predicted octanol–water partition coefficient (Wildman–Crippen LogP) is 7.97. The molecular formula is C35H24Cl2N2O5. The monoisotopic (exact) mass is 622 g/mol. The first-order chi connectivity index (χ1) is 21.4. The van der Waals surface area contributed by atoms with Crippen molar-refractivity contribution in [1.29, 1.82) is 0 Å². The van der Waals surface area contributed by atoms with Crippen molar-refractivity contribution >= 4 is 63.6 Å². The van der Waals surface area contributed by atoms with Crippen LogP contribution in [0, 0.1) is 0 Å². The molecule has 0 bridgehead atoms. The molecule has 5 aromatic carbocycles. The van der Waals surface area contributed by atoms with Crippen LogP contribution in [0.1, 0.15) is 16.7 Å². The molecule has 5 aromatic rings. The second-order valence-corrected chi connectivity index (χ2v) is 10.8. The van der Waals surface area contributed by atoms with E-state index in [4.69, 9.17) is 32.7 Å². The summed E-state index contributed by atoms with van der Waals surface area (Å²) in [7, 11) is 0. The lowest BCUT2D eigenvalue weighted by molar-refractivity contribution is -0.122. The van der Waals surface area contributed by atoms with Crippen LogP contribution in [0.25, 0.3) is 16.8 Å². The molecule has 1 fully saturated rings. The van der Waals surface area contributed by atoms with Gasteiger partial charge in [-0.25, -0.2) is 9.69 Å². The van der Waals surface area contributed by atoms with Crippen LogP contribution in [0.5, 0.6) is 11.5 Å². The third-order valence-electron chi connectivity index (χ3n) is 7.07. The van der Waals surface area contributed by atoms with Gasteiger partial charge in [-0.1, -0.05) is 83.9 Å². The van der Waals surface area contributed by atoms with Crippen molar-refractivity contribution in [2.45, 2.75) is 13.2 Å². The molecule has 4 amide bonds. The topological polar surface area (TPSA) is 84.9 Å². The first-order valence-electron chi connectivity index (χ1n) is 13.6. The van der Waals surface area contributed by atoms with Gasteiger partial charge in [-0.15, -0.1) is 0 Å². The highest BCUT2D eigenvalue weighted by Crippen LogP contribution is 2.27. The number of carbonyl (C=O) groups excluding carboxylic acids is 3. The van der Waals surface area contributed by atoms with Gasteiger partial charge in [0.2, 0.25) is 0 Å². The number of hydrogen-bond acceptors (Lipinski definition) is 5. The lowest BCUT2D eigenvalue weighted by atomic mass is 10.1. The Morgan fingerprint density at radius 3 is 2.09 bits per heavy atom. The summed E-state index contributed by atoms with van der Waals surface area (Å²) in [6, 6.07) is 31.9. The number of halogens is 2. The molecule has 0 atom stereocenters. The number of hydrogen-bond donors (Lipinski definition) is 1. The van der Waals surface area contributed by atoms with E-state index in [9.17, 15) is 14.4 Å². The molecular weight excluding hydrogens is 599 g/mol. The zero-order valence-electron chi connectivity index (χ0n) is 23.1. The Morgan fingerprint density at radius 1 is 0.705 bits per heavy atom. The molecule has 218 valence electrons. The molecule has 1 aliphatic heterocycles. The first kappa shape index (κ1) is 29.0. The average molecular weight is 623 g/mol. The van der Waals surface area contributed by atoms with E-state index in [1.165, 1.54) is 6.08 Å². The van der Waals surface area contributed by atoms with E-state index in [1.807, 2.05) is 24.3 Å². The lowest BCUT2D eigenvalue weighted by Gasteiger charge is -2.26. The van der Waals surface area contributed by atoms with Gasteiger partial charge >= 0.3 is 6.03 Å². The van der Waals surface area contributed by atoms with E-state index in [1.54, 1.807) is 66.7 Å². The Bertz CT molecular complexity index is 1920. The minimum atomic E-state index is -0.837. The minimum Gasteiger partial charge on any atom is -0.489 e. The molecule has 0 spiro atoms. The maximum Gasteiger partial charge on any atom is 0.335 e. The summed E-state index contributed by atoms with van der Waals surface area (Å²) >= 11 is 12.2. The van der Waals surface area contributed by atoms with Crippen LogP contribution in [0.4, 0.5) is 10.5 Å². The van der Waals surface area contributed by atoms with Crippen molar-refractivity contribution in [3.05, 3.63) is 142 Å². The lowest BCUT2D eigenvalue weighted by Crippen LogP contribution is -2.54. The van der Waals surface area contributed by atoms with Crippen molar-refractivity contribution in [3.63, 3.8) is 0 Å². The Hall–Kier alpha value is -5.11. The number of rotatable bonds is 8. The fourth-order valence-electron chi connectivity index (χ4n) is 4.79. The second-order valence-electron chi connectivity index (χ2n) is 9.97. The van der Waals surface area contributed by atoms with Crippen LogP contribution >= 0.6 is 23.2 Å². The molecule has 1 saturated heterocycles. The number of carbonyl (C=O) groups is 3. The maximum atomic E-state index is 13.3. The third-order valence-corrected chi connectivity index (χ3v) is 7.66. The number of imide groups is 2. The fraction of sp³-hybridized carbons (Fsp3) is 0.0571. The summed E-state index contributed by atoms with van der Waals surface area (Å²) in [5.74, 6) is -0.375. The zero-order chi connectivity index (χ0) is 30.6. The number of amides is 4. The van der Waals surface area contributed by atoms with E-state index in [0.29, 0.717) is 33.7 Å². The van der Waals surface area contributed by atoms with Crippen LogP contribution in [-0.2, 0) is 22.8 Å². The molecule has 1 heterocycles. The van der Waals surface area contributed by atoms with Gasteiger partial charge in [0.25, 0.3) is 11.8 Å². The van der Waals surface area contributed by atoms with Crippen LogP contribution in [0.3, 0.4) is 0 Å². The maximum absolute atomic E-state index is 13.3. The summed E-state index contributed by atoms with van der Waals surface area (Å²) in [5, 5.41) is 5.52. The van der Waals surface area contributed by atoms with Gasteiger partial charge in [-0.2, -0.15) is 0 Å². The summed E-state index contributed by atoms with van der Waals surface area (Å²) in [4.78, 5) is 39.6. The Labute approximate surface area is 263 Å². The molecule has 44 heavy (non-hydrogen) atoms. The molecule has 0 unspecified atom stereocenters. The van der Waals surface area contributed by atoms with E-state index < -0.39 is 17.8 Å². The molecule has 7 nitrogen and oxygen atoms in total. The quantitative estimate of drug-likeness (QED) is 0.140. The number of nitrogens with zero attached hydrogens (tertiary/aromatic N) is 1. The highest BCUT2D eigenvalue weighted by Gasteiger charge is 2.36. The van der Waals surface area contributed by atoms with E-state index in [-0.39, 0.29) is 17.9 Å². The van der Waals surface area contributed by atoms with Crippen LogP contribution in [-0.4, -0.2) is 17.8 Å². The highest BCUT2D eigenvalue weighted by atomic mass is 35.5. The molecule has 9 heteroatoms.